The number of amides is 1. The lowest BCUT2D eigenvalue weighted by atomic mass is 10.1. The van der Waals surface area contributed by atoms with Crippen molar-refractivity contribution in [3.8, 4) is 5.75 Å². The van der Waals surface area contributed by atoms with Crippen LogP contribution in [0.15, 0.2) is 42.5 Å². The minimum atomic E-state index is -0.00931. The van der Waals surface area contributed by atoms with E-state index in [1.807, 2.05) is 24.3 Å². The third kappa shape index (κ3) is 5.04. The largest absolute Gasteiger partial charge is 0.493 e. The number of hydrogen-bond donors (Lipinski definition) is 2. The Balaban J connectivity index is 1.67. The fraction of sp³-hybridized carbons (Fsp3) is 0.389. The number of rotatable bonds is 9. The van der Waals surface area contributed by atoms with Crippen LogP contribution in [0.5, 0.6) is 5.75 Å². The summed E-state index contributed by atoms with van der Waals surface area (Å²) in [5.74, 6) is 0.919. The van der Waals surface area contributed by atoms with E-state index in [0.29, 0.717) is 19.6 Å². The maximum absolute atomic E-state index is 11.3. The van der Waals surface area contributed by atoms with E-state index in [1.165, 1.54) is 5.39 Å². The summed E-state index contributed by atoms with van der Waals surface area (Å²) in [5, 5.41) is 13.6. The molecule has 4 heteroatoms. The minimum absolute atomic E-state index is 0.00372. The number of carbonyl (C=O) groups excluding carboxylic acids is 1. The second kappa shape index (κ2) is 9.05. The lowest BCUT2D eigenvalue weighted by Gasteiger charge is -2.09. The molecule has 0 spiro atoms. The van der Waals surface area contributed by atoms with Crippen LogP contribution in [-0.4, -0.2) is 30.8 Å². The average molecular weight is 301 g/mol. The van der Waals surface area contributed by atoms with Gasteiger partial charge in [0.2, 0.25) is 5.91 Å². The second-order valence-corrected chi connectivity index (χ2v) is 5.21. The van der Waals surface area contributed by atoms with Crippen molar-refractivity contribution in [2.45, 2.75) is 25.7 Å². The van der Waals surface area contributed by atoms with E-state index in [2.05, 4.69) is 23.5 Å². The molecule has 2 aromatic rings. The first-order chi connectivity index (χ1) is 10.8. The fourth-order valence-corrected chi connectivity index (χ4v) is 2.35. The predicted molar refractivity (Wildman–Crippen MR) is 88.0 cm³/mol. The molecule has 0 aliphatic heterocycles. The summed E-state index contributed by atoms with van der Waals surface area (Å²) >= 11 is 0. The van der Waals surface area contributed by atoms with Gasteiger partial charge < -0.3 is 15.2 Å². The third-order valence-electron chi connectivity index (χ3n) is 3.49. The summed E-state index contributed by atoms with van der Waals surface area (Å²) in [6.07, 6.45) is 3.23. The Hall–Kier alpha value is -2.07. The van der Waals surface area contributed by atoms with E-state index in [4.69, 9.17) is 9.84 Å². The van der Waals surface area contributed by atoms with E-state index in [0.717, 1.165) is 30.4 Å². The molecule has 0 saturated carbocycles. The summed E-state index contributed by atoms with van der Waals surface area (Å²) in [4.78, 5) is 11.3. The third-order valence-corrected chi connectivity index (χ3v) is 3.49. The molecule has 2 aromatic carbocycles. The number of aliphatic hydroxyl groups excluding tert-OH is 1. The molecule has 0 fully saturated rings. The van der Waals surface area contributed by atoms with Crippen molar-refractivity contribution in [2.24, 2.45) is 0 Å². The van der Waals surface area contributed by atoms with Crippen molar-refractivity contribution in [3.63, 3.8) is 0 Å². The van der Waals surface area contributed by atoms with Gasteiger partial charge in [-0.2, -0.15) is 0 Å². The van der Waals surface area contributed by atoms with Crippen LogP contribution in [0.4, 0.5) is 0 Å². The average Bonchev–Trinajstić information content (AvgIpc) is 2.56. The molecule has 1 amide bonds. The van der Waals surface area contributed by atoms with Gasteiger partial charge in [-0.15, -0.1) is 0 Å². The van der Waals surface area contributed by atoms with E-state index in [-0.39, 0.29) is 12.5 Å². The normalized spacial score (nSPS) is 10.6. The van der Waals surface area contributed by atoms with E-state index < -0.39 is 0 Å². The van der Waals surface area contributed by atoms with Crippen LogP contribution in [0.25, 0.3) is 10.8 Å². The summed E-state index contributed by atoms with van der Waals surface area (Å²) in [5.41, 5.74) is 0. The highest BCUT2D eigenvalue weighted by atomic mass is 16.5. The Labute approximate surface area is 131 Å². The molecule has 2 rings (SSSR count). The summed E-state index contributed by atoms with van der Waals surface area (Å²) in [6.45, 7) is 0.986. The van der Waals surface area contributed by atoms with Gasteiger partial charge in [-0.3, -0.25) is 4.79 Å². The first-order valence-corrected chi connectivity index (χ1v) is 7.79. The van der Waals surface area contributed by atoms with Gasteiger partial charge >= 0.3 is 0 Å². The van der Waals surface area contributed by atoms with E-state index in [9.17, 15) is 4.79 Å². The standard InChI is InChI=1S/C18H23NO3/c20-13-12-19-18(21)11-2-1-5-14-22-17-10-6-8-15-7-3-4-9-16(15)17/h3-4,6-10,20H,1-2,5,11-14H2,(H,19,21). The van der Waals surface area contributed by atoms with E-state index >= 15 is 0 Å². The van der Waals surface area contributed by atoms with Crippen LogP contribution < -0.4 is 10.1 Å². The number of ether oxygens (including phenoxy) is 1. The number of nitrogens with one attached hydrogen (secondary N) is 1. The molecule has 0 atom stereocenters. The molecule has 0 aliphatic carbocycles. The molecule has 22 heavy (non-hydrogen) atoms. The van der Waals surface area contributed by atoms with Crippen molar-refractivity contribution >= 4 is 16.7 Å². The quantitative estimate of drug-likeness (QED) is 0.700. The second-order valence-electron chi connectivity index (χ2n) is 5.21. The van der Waals surface area contributed by atoms with Crippen molar-refractivity contribution in [3.05, 3.63) is 42.5 Å². The van der Waals surface area contributed by atoms with Gasteiger partial charge in [0, 0.05) is 18.4 Å². The minimum Gasteiger partial charge on any atom is -0.493 e. The zero-order valence-electron chi connectivity index (χ0n) is 12.8. The smallest absolute Gasteiger partial charge is 0.220 e. The summed E-state index contributed by atoms with van der Waals surface area (Å²) in [7, 11) is 0. The highest BCUT2D eigenvalue weighted by Crippen LogP contribution is 2.25. The molecule has 0 aromatic heterocycles. The number of benzene rings is 2. The molecule has 118 valence electrons. The molecule has 0 radical (unpaired) electrons. The highest BCUT2D eigenvalue weighted by Gasteiger charge is 2.02. The summed E-state index contributed by atoms with van der Waals surface area (Å²) in [6, 6.07) is 14.2. The lowest BCUT2D eigenvalue weighted by Crippen LogP contribution is -2.25. The first-order valence-electron chi connectivity index (χ1n) is 7.79. The molecular weight excluding hydrogens is 278 g/mol. The van der Waals surface area contributed by atoms with Crippen LogP contribution in [0.1, 0.15) is 25.7 Å². The van der Waals surface area contributed by atoms with Crippen LogP contribution in [-0.2, 0) is 4.79 Å². The molecule has 0 unspecified atom stereocenters. The zero-order chi connectivity index (χ0) is 15.6. The Kier molecular flexibility index (Phi) is 6.71. The Bertz CT molecular complexity index is 592. The number of carbonyl (C=O) groups is 1. The van der Waals surface area contributed by atoms with Crippen LogP contribution in [0.3, 0.4) is 0 Å². The van der Waals surface area contributed by atoms with Crippen LogP contribution in [0.2, 0.25) is 0 Å². The van der Waals surface area contributed by atoms with Gasteiger partial charge in [-0.25, -0.2) is 0 Å². The molecule has 0 heterocycles. The lowest BCUT2D eigenvalue weighted by molar-refractivity contribution is -0.121. The predicted octanol–water partition coefficient (Wildman–Crippen LogP) is 2.89. The molecular formula is C18H23NO3. The molecule has 2 N–H and O–H groups in total. The number of aliphatic hydroxyl groups is 1. The van der Waals surface area contributed by atoms with Gasteiger partial charge in [0.25, 0.3) is 0 Å². The molecule has 4 nitrogen and oxygen atoms in total. The Morgan fingerprint density at radius 2 is 1.86 bits per heavy atom. The number of fused-ring (bicyclic) bond motifs is 1. The van der Waals surface area contributed by atoms with Gasteiger partial charge in [0.15, 0.2) is 0 Å². The highest BCUT2D eigenvalue weighted by molar-refractivity contribution is 5.88. The van der Waals surface area contributed by atoms with Crippen LogP contribution >= 0.6 is 0 Å². The van der Waals surface area contributed by atoms with Crippen LogP contribution in [0, 0.1) is 0 Å². The monoisotopic (exact) mass is 301 g/mol. The number of hydrogen-bond acceptors (Lipinski definition) is 3. The van der Waals surface area contributed by atoms with Gasteiger partial charge in [0.1, 0.15) is 5.75 Å². The molecule has 0 aliphatic rings. The maximum atomic E-state index is 11.3. The van der Waals surface area contributed by atoms with Crippen molar-refractivity contribution < 1.29 is 14.6 Å². The van der Waals surface area contributed by atoms with Gasteiger partial charge in [-0.1, -0.05) is 36.4 Å². The maximum Gasteiger partial charge on any atom is 0.220 e. The van der Waals surface area contributed by atoms with Crippen molar-refractivity contribution in [1.82, 2.24) is 5.32 Å². The number of unbranched alkanes of at least 4 members (excludes halogenated alkanes) is 2. The Morgan fingerprint density at radius 1 is 1.05 bits per heavy atom. The molecule has 0 bridgehead atoms. The zero-order valence-corrected chi connectivity index (χ0v) is 12.8. The topological polar surface area (TPSA) is 58.6 Å². The SMILES string of the molecule is O=C(CCCCCOc1cccc2ccccc12)NCCO. The first kappa shape index (κ1) is 16.3. The summed E-state index contributed by atoms with van der Waals surface area (Å²) < 4.78 is 5.86. The Morgan fingerprint density at radius 3 is 2.73 bits per heavy atom. The fourth-order valence-electron chi connectivity index (χ4n) is 2.35. The van der Waals surface area contributed by atoms with Crippen molar-refractivity contribution in [1.29, 1.82) is 0 Å². The van der Waals surface area contributed by atoms with E-state index in [1.54, 1.807) is 0 Å². The van der Waals surface area contributed by atoms with Gasteiger partial charge in [-0.05, 0) is 30.7 Å². The van der Waals surface area contributed by atoms with Crippen molar-refractivity contribution in [2.75, 3.05) is 19.8 Å². The van der Waals surface area contributed by atoms with Gasteiger partial charge in [0.05, 0.1) is 13.2 Å². The molecule has 0 saturated heterocycles.